The Kier molecular flexibility index (Phi) is 3.01. The van der Waals surface area contributed by atoms with Crippen molar-refractivity contribution in [1.29, 1.82) is 0 Å². The molecule has 0 aliphatic carbocycles. The lowest BCUT2D eigenvalue weighted by Gasteiger charge is -2.30. The van der Waals surface area contributed by atoms with Gasteiger partial charge in [-0.2, -0.15) is 0 Å². The van der Waals surface area contributed by atoms with Gasteiger partial charge in [0.05, 0.1) is 0 Å². The first kappa shape index (κ1) is 14.0. The number of hydrogen-bond donors (Lipinski definition) is 2. The fraction of sp³-hybridized carbons (Fsp3) is 0.353. The van der Waals surface area contributed by atoms with Crippen LogP contribution in [0.3, 0.4) is 0 Å². The van der Waals surface area contributed by atoms with Crippen LogP contribution in [0.2, 0.25) is 0 Å². The van der Waals surface area contributed by atoms with Crippen LogP contribution in [0.5, 0.6) is 0 Å². The number of anilines is 4. The molecule has 0 fully saturated rings. The van der Waals surface area contributed by atoms with E-state index < -0.39 is 0 Å². The Morgan fingerprint density at radius 1 is 1.22 bits per heavy atom. The topological polar surface area (TPSA) is 70.2 Å². The molecular weight excluding hydrogens is 290 g/mol. The molecule has 0 spiro atoms. The van der Waals surface area contributed by atoms with Crippen LogP contribution in [-0.4, -0.2) is 28.0 Å². The number of nitrogens with zero attached hydrogens (tertiary/aromatic N) is 3. The van der Waals surface area contributed by atoms with Gasteiger partial charge in [0.2, 0.25) is 5.91 Å². The third kappa shape index (κ3) is 2.13. The second kappa shape index (κ2) is 4.94. The van der Waals surface area contributed by atoms with Crippen molar-refractivity contribution < 1.29 is 4.79 Å². The zero-order chi connectivity index (χ0) is 16.1. The van der Waals surface area contributed by atoms with Crippen molar-refractivity contribution >= 4 is 28.9 Å². The number of aryl methyl sites for hydroxylation is 1. The Hall–Kier alpha value is -2.63. The summed E-state index contributed by atoms with van der Waals surface area (Å²) in [5, 5.41) is 6.13. The molecule has 1 amide bonds. The molecule has 2 unspecified atom stereocenters. The minimum Gasteiger partial charge on any atom is -0.357 e. The van der Waals surface area contributed by atoms with Crippen LogP contribution in [0.15, 0.2) is 24.3 Å². The van der Waals surface area contributed by atoms with E-state index in [-0.39, 0.29) is 18.0 Å². The van der Waals surface area contributed by atoms with Crippen LogP contribution >= 0.6 is 0 Å². The summed E-state index contributed by atoms with van der Waals surface area (Å²) in [6.07, 6.45) is 0.964. The molecule has 0 saturated carbocycles. The van der Waals surface area contributed by atoms with E-state index in [0.717, 1.165) is 17.9 Å². The van der Waals surface area contributed by atoms with E-state index in [0.29, 0.717) is 17.3 Å². The van der Waals surface area contributed by atoms with Crippen molar-refractivity contribution in [3.05, 3.63) is 35.7 Å². The standard InChI is InChI=1S/C17H19N5O/c1-9-8-12-6-4-5-7-13(12)22(9)16-14-15(19-11(3)20-16)18-10(2)17(23)21-14/h4-7,9-10H,8H2,1-3H3,(H,21,23)(H,18,19,20). The fourth-order valence-electron chi connectivity index (χ4n) is 3.34. The highest BCUT2D eigenvalue weighted by Crippen LogP contribution is 2.43. The third-order valence-electron chi connectivity index (χ3n) is 4.43. The van der Waals surface area contributed by atoms with Gasteiger partial charge in [0.25, 0.3) is 0 Å². The van der Waals surface area contributed by atoms with E-state index in [4.69, 9.17) is 0 Å². The molecule has 2 aliphatic heterocycles. The molecule has 2 aliphatic rings. The van der Waals surface area contributed by atoms with Crippen molar-refractivity contribution in [2.45, 2.75) is 39.3 Å². The van der Waals surface area contributed by atoms with Gasteiger partial charge in [-0.25, -0.2) is 9.97 Å². The highest BCUT2D eigenvalue weighted by atomic mass is 16.2. The lowest BCUT2D eigenvalue weighted by molar-refractivity contribution is -0.116. The first-order valence-corrected chi connectivity index (χ1v) is 7.88. The summed E-state index contributed by atoms with van der Waals surface area (Å²) in [6.45, 7) is 5.87. The Bertz CT molecular complexity index is 804. The van der Waals surface area contributed by atoms with E-state index in [2.05, 4.69) is 50.6 Å². The first-order valence-electron chi connectivity index (χ1n) is 7.88. The largest absolute Gasteiger partial charge is 0.357 e. The molecule has 118 valence electrons. The quantitative estimate of drug-likeness (QED) is 0.847. The number of amides is 1. The number of hydrogen-bond acceptors (Lipinski definition) is 5. The Balaban J connectivity index is 1.89. The monoisotopic (exact) mass is 309 g/mol. The highest BCUT2D eigenvalue weighted by Gasteiger charge is 2.34. The maximum absolute atomic E-state index is 12.1. The van der Waals surface area contributed by atoms with Crippen molar-refractivity contribution in [3.8, 4) is 0 Å². The molecule has 3 heterocycles. The van der Waals surface area contributed by atoms with Gasteiger partial charge >= 0.3 is 0 Å². The van der Waals surface area contributed by atoms with Gasteiger partial charge in [0.15, 0.2) is 11.6 Å². The van der Waals surface area contributed by atoms with E-state index >= 15 is 0 Å². The Morgan fingerprint density at radius 3 is 2.83 bits per heavy atom. The van der Waals surface area contributed by atoms with E-state index in [9.17, 15) is 4.79 Å². The summed E-state index contributed by atoms with van der Waals surface area (Å²) >= 11 is 0. The average molecular weight is 309 g/mol. The first-order chi connectivity index (χ1) is 11.0. The number of carbonyl (C=O) groups excluding carboxylic acids is 1. The third-order valence-corrected chi connectivity index (χ3v) is 4.43. The van der Waals surface area contributed by atoms with Gasteiger partial charge in [-0.15, -0.1) is 0 Å². The zero-order valence-electron chi connectivity index (χ0n) is 13.4. The van der Waals surface area contributed by atoms with Gasteiger partial charge in [-0.1, -0.05) is 18.2 Å². The predicted octanol–water partition coefficient (Wildman–Crippen LogP) is 2.62. The van der Waals surface area contributed by atoms with Crippen molar-refractivity contribution in [3.63, 3.8) is 0 Å². The summed E-state index contributed by atoms with van der Waals surface area (Å²) in [7, 11) is 0. The second-order valence-corrected chi connectivity index (χ2v) is 6.23. The SMILES string of the molecule is Cc1nc2c(c(N3c4ccccc4CC3C)n1)NC(=O)C(C)N2. The molecule has 2 N–H and O–H groups in total. The van der Waals surface area contributed by atoms with Gasteiger partial charge in [0.1, 0.15) is 17.6 Å². The van der Waals surface area contributed by atoms with Crippen LogP contribution in [0, 0.1) is 6.92 Å². The van der Waals surface area contributed by atoms with Gasteiger partial charge in [0, 0.05) is 11.7 Å². The Morgan fingerprint density at radius 2 is 2.00 bits per heavy atom. The molecule has 2 aromatic rings. The summed E-state index contributed by atoms with van der Waals surface area (Å²) in [4.78, 5) is 23.4. The Labute approximate surface area is 134 Å². The summed E-state index contributed by atoms with van der Waals surface area (Å²) in [5.41, 5.74) is 3.11. The summed E-state index contributed by atoms with van der Waals surface area (Å²) in [5.74, 6) is 2.08. The van der Waals surface area contributed by atoms with Crippen LogP contribution in [-0.2, 0) is 11.2 Å². The summed E-state index contributed by atoms with van der Waals surface area (Å²) in [6, 6.07) is 8.31. The maximum atomic E-state index is 12.1. The lowest BCUT2D eigenvalue weighted by atomic mass is 10.1. The molecule has 6 heteroatoms. The highest BCUT2D eigenvalue weighted by molar-refractivity contribution is 6.05. The number of carbonyl (C=O) groups is 1. The molecule has 1 aromatic heterocycles. The molecule has 4 rings (SSSR count). The number of rotatable bonds is 1. The number of nitrogens with one attached hydrogen (secondary N) is 2. The normalized spacial score (nSPS) is 22.2. The van der Waals surface area contributed by atoms with Crippen molar-refractivity contribution in [2.24, 2.45) is 0 Å². The second-order valence-electron chi connectivity index (χ2n) is 6.23. The molecule has 0 bridgehead atoms. The number of para-hydroxylation sites is 1. The molecular formula is C17H19N5O. The summed E-state index contributed by atoms with van der Waals surface area (Å²) < 4.78 is 0. The zero-order valence-corrected chi connectivity index (χ0v) is 13.4. The van der Waals surface area contributed by atoms with Gasteiger partial charge in [-0.05, 0) is 38.8 Å². The lowest BCUT2D eigenvalue weighted by Crippen LogP contribution is -2.38. The van der Waals surface area contributed by atoms with E-state index in [1.54, 1.807) is 0 Å². The van der Waals surface area contributed by atoms with Crippen LogP contribution in [0.25, 0.3) is 0 Å². The minimum atomic E-state index is -0.298. The van der Waals surface area contributed by atoms with Crippen molar-refractivity contribution in [1.82, 2.24) is 9.97 Å². The molecule has 0 saturated heterocycles. The molecule has 6 nitrogen and oxygen atoms in total. The fourth-order valence-corrected chi connectivity index (χ4v) is 3.34. The van der Waals surface area contributed by atoms with Crippen LogP contribution in [0.1, 0.15) is 25.2 Å². The number of benzene rings is 1. The van der Waals surface area contributed by atoms with E-state index in [1.807, 2.05) is 19.9 Å². The minimum absolute atomic E-state index is 0.0636. The molecule has 23 heavy (non-hydrogen) atoms. The van der Waals surface area contributed by atoms with Crippen LogP contribution < -0.4 is 15.5 Å². The maximum Gasteiger partial charge on any atom is 0.246 e. The van der Waals surface area contributed by atoms with Crippen LogP contribution in [0.4, 0.5) is 23.0 Å². The number of aromatic nitrogens is 2. The predicted molar refractivity (Wildman–Crippen MR) is 90.2 cm³/mol. The molecule has 1 aromatic carbocycles. The van der Waals surface area contributed by atoms with E-state index in [1.165, 1.54) is 5.56 Å². The average Bonchev–Trinajstić information content (AvgIpc) is 2.84. The smallest absolute Gasteiger partial charge is 0.246 e. The number of fused-ring (bicyclic) bond motifs is 2. The molecule has 2 atom stereocenters. The van der Waals surface area contributed by atoms with Gasteiger partial charge < -0.3 is 15.5 Å². The van der Waals surface area contributed by atoms with Gasteiger partial charge in [-0.3, -0.25) is 4.79 Å². The van der Waals surface area contributed by atoms with Crippen molar-refractivity contribution in [2.75, 3.05) is 15.5 Å². The molecule has 0 radical (unpaired) electrons.